The number of likely N-dealkylation sites (tertiary alicyclic amines) is 1. The van der Waals surface area contributed by atoms with E-state index < -0.39 is 10.0 Å². The van der Waals surface area contributed by atoms with Gasteiger partial charge >= 0.3 is 5.97 Å². The van der Waals surface area contributed by atoms with Crippen LogP contribution in [0.1, 0.15) is 29.3 Å². The van der Waals surface area contributed by atoms with Crippen molar-refractivity contribution < 1.29 is 17.9 Å². The van der Waals surface area contributed by atoms with Crippen molar-refractivity contribution in [2.24, 2.45) is 11.8 Å². The number of nitrogens with zero attached hydrogens (tertiary/aromatic N) is 1. The number of fused-ring (bicyclic) bond motifs is 1. The third kappa shape index (κ3) is 4.09. The fourth-order valence-corrected chi connectivity index (χ4v) is 5.72. The minimum absolute atomic E-state index is 0.117. The van der Waals surface area contributed by atoms with E-state index >= 15 is 0 Å². The molecular weight excluding hydrogens is 400 g/mol. The normalized spacial score (nSPS) is 25.5. The molecule has 2 fully saturated rings. The smallest absolute Gasteiger partial charge is 0.338 e. The van der Waals surface area contributed by atoms with Crippen LogP contribution in [-0.4, -0.2) is 51.8 Å². The van der Waals surface area contributed by atoms with Gasteiger partial charge in [-0.25, -0.2) is 13.2 Å². The topological polar surface area (TPSA) is 75.7 Å². The lowest BCUT2D eigenvalue weighted by Crippen LogP contribution is -2.33. The Balaban J connectivity index is 1.33. The van der Waals surface area contributed by atoms with Gasteiger partial charge in [-0.1, -0.05) is 37.3 Å². The molecule has 1 aliphatic carbocycles. The van der Waals surface area contributed by atoms with Crippen LogP contribution in [-0.2, 0) is 20.2 Å². The Morgan fingerprint density at radius 3 is 2.47 bits per heavy atom. The number of benzene rings is 2. The number of carbonyl (C=O) groups is 1. The Kier molecular flexibility index (Phi) is 5.59. The van der Waals surface area contributed by atoms with E-state index in [9.17, 15) is 13.2 Å². The van der Waals surface area contributed by atoms with Crippen LogP contribution in [0, 0.1) is 11.8 Å². The van der Waals surface area contributed by atoms with Gasteiger partial charge in [0.2, 0.25) is 10.0 Å². The van der Waals surface area contributed by atoms with E-state index in [1.165, 1.54) is 11.8 Å². The lowest BCUT2D eigenvalue weighted by Gasteiger charge is -2.26. The van der Waals surface area contributed by atoms with Crippen molar-refractivity contribution >= 4 is 21.7 Å². The molecule has 2 unspecified atom stereocenters. The molecule has 1 saturated carbocycles. The second-order valence-corrected chi connectivity index (χ2v) is 10.1. The molecular formula is C23H28N2O4S. The molecule has 1 heterocycles. The summed E-state index contributed by atoms with van der Waals surface area (Å²) in [7, 11) is -3.29. The minimum Gasteiger partial charge on any atom is -0.461 e. The molecule has 2 aromatic carbocycles. The summed E-state index contributed by atoms with van der Waals surface area (Å²) in [6.45, 7) is 5.29. The summed E-state index contributed by atoms with van der Waals surface area (Å²) < 4.78 is 31.1. The third-order valence-electron chi connectivity index (χ3n) is 6.55. The van der Waals surface area contributed by atoms with Crippen molar-refractivity contribution in [3.05, 3.63) is 65.7 Å². The molecule has 160 valence electrons. The maximum absolute atomic E-state index is 12.1. The van der Waals surface area contributed by atoms with E-state index in [-0.39, 0.29) is 11.4 Å². The molecule has 0 spiro atoms. The standard InChI is InChI=1S/C23H28N2O4S/c1-3-23(18-10-7-11-19(14-18)24-30(2,27)28)20-15-25(16-21(20)23)12-13-29-22(26)17-8-5-4-6-9-17/h4-11,14,20-21,24H,3,12-13,15-16H2,1-2H3. The molecule has 2 aromatic rings. The zero-order valence-corrected chi connectivity index (χ0v) is 18.2. The van der Waals surface area contributed by atoms with E-state index in [1.807, 2.05) is 30.3 Å². The number of hydrogen-bond donors (Lipinski definition) is 1. The summed E-state index contributed by atoms with van der Waals surface area (Å²) in [4.78, 5) is 14.4. The van der Waals surface area contributed by atoms with E-state index in [2.05, 4.69) is 22.6 Å². The number of rotatable bonds is 8. The van der Waals surface area contributed by atoms with Crippen molar-refractivity contribution in [1.82, 2.24) is 4.90 Å². The molecule has 0 amide bonds. The summed E-state index contributed by atoms with van der Waals surface area (Å²) in [6, 6.07) is 16.9. The third-order valence-corrected chi connectivity index (χ3v) is 7.15. The number of nitrogens with one attached hydrogen (secondary N) is 1. The molecule has 7 heteroatoms. The molecule has 0 aromatic heterocycles. The molecule has 30 heavy (non-hydrogen) atoms. The molecule has 0 radical (unpaired) electrons. The van der Waals surface area contributed by atoms with Crippen LogP contribution in [0.4, 0.5) is 5.69 Å². The number of anilines is 1. The Hall–Kier alpha value is -2.38. The van der Waals surface area contributed by atoms with Gasteiger partial charge in [0, 0.05) is 30.7 Å². The monoisotopic (exact) mass is 428 g/mol. The van der Waals surface area contributed by atoms with Gasteiger partial charge in [0.05, 0.1) is 11.8 Å². The summed E-state index contributed by atoms with van der Waals surface area (Å²) in [5, 5.41) is 0. The first-order valence-corrected chi connectivity index (χ1v) is 12.3. The van der Waals surface area contributed by atoms with Gasteiger partial charge in [-0.3, -0.25) is 9.62 Å². The quantitative estimate of drug-likeness (QED) is 0.654. The minimum atomic E-state index is -3.29. The molecule has 1 N–H and O–H groups in total. The summed E-state index contributed by atoms with van der Waals surface area (Å²) in [5.74, 6) is 0.833. The highest BCUT2D eigenvalue weighted by Gasteiger charge is 2.67. The fourth-order valence-electron chi connectivity index (χ4n) is 5.17. The Morgan fingerprint density at radius 1 is 1.13 bits per heavy atom. The van der Waals surface area contributed by atoms with Gasteiger partial charge in [-0.05, 0) is 48.1 Å². The number of sulfonamides is 1. The van der Waals surface area contributed by atoms with Crippen molar-refractivity contribution in [2.45, 2.75) is 18.8 Å². The van der Waals surface area contributed by atoms with Gasteiger partial charge in [0.25, 0.3) is 0 Å². The van der Waals surface area contributed by atoms with Crippen molar-refractivity contribution in [3.63, 3.8) is 0 Å². The first kappa shape index (κ1) is 20.9. The van der Waals surface area contributed by atoms with Gasteiger partial charge in [-0.2, -0.15) is 0 Å². The van der Waals surface area contributed by atoms with Crippen LogP contribution < -0.4 is 4.72 Å². The Labute approximate surface area is 178 Å². The van der Waals surface area contributed by atoms with E-state index in [4.69, 9.17) is 4.74 Å². The van der Waals surface area contributed by atoms with Crippen LogP contribution in [0.15, 0.2) is 54.6 Å². The van der Waals surface area contributed by atoms with Gasteiger partial charge in [0.1, 0.15) is 6.61 Å². The van der Waals surface area contributed by atoms with E-state index in [0.29, 0.717) is 29.7 Å². The molecule has 4 rings (SSSR count). The number of carbonyl (C=O) groups excluding carboxylic acids is 1. The summed E-state index contributed by atoms with van der Waals surface area (Å²) >= 11 is 0. The highest BCUT2D eigenvalue weighted by Crippen LogP contribution is 2.65. The molecule has 2 atom stereocenters. The van der Waals surface area contributed by atoms with E-state index in [0.717, 1.165) is 26.1 Å². The lowest BCUT2D eigenvalue weighted by atomic mass is 9.87. The molecule has 6 nitrogen and oxygen atoms in total. The molecule has 0 bridgehead atoms. The van der Waals surface area contributed by atoms with Crippen LogP contribution >= 0.6 is 0 Å². The SMILES string of the molecule is CCC1(c2cccc(NS(C)(=O)=O)c2)C2CN(CCOC(=O)c3ccccc3)CC21. The van der Waals surface area contributed by atoms with E-state index in [1.54, 1.807) is 18.2 Å². The lowest BCUT2D eigenvalue weighted by molar-refractivity contribution is 0.0464. The average Bonchev–Trinajstić information content (AvgIpc) is 3.10. The highest BCUT2D eigenvalue weighted by molar-refractivity contribution is 7.92. The van der Waals surface area contributed by atoms with Crippen LogP contribution in [0.3, 0.4) is 0 Å². The van der Waals surface area contributed by atoms with Crippen molar-refractivity contribution in [2.75, 3.05) is 37.2 Å². The number of ether oxygens (including phenoxy) is 1. The molecule has 2 aliphatic rings. The first-order valence-electron chi connectivity index (χ1n) is 10.4. The second kappa shape index (κ2) is 8.04. The zero-order valence-electron chi connectivity index (χ0n) is 17.4. The maximum atomic E-state index is 12.1. The van der Waals surface area contributed by atoms with Crippen LogP contribution in [0.2, 0.25) is 0 Å². The van der Waals surface area contributed by atoms with Crippen LogP contribution in [0.25, 0.3) is 0 Å². The van der Waals surface area contributed by atoms with Crippen LogP contribution in [0.5, 0.6) is 0 Å². The average molecular weight is 429 g/mol. The Morgan fingerprint density at radius 2 is 1.83 bits per heavy atom. The fraction of sp³-hybridized carbons (Fsp3) is 0.435. The number of piperidine rings is 1. The number of esters is 1. The summed E-state index contributed by atoms with van der Waals surface area (Å²) in [5.41, 5.74) is 2.53. The van der Waals surface area contributed by atoms with Crippen molar-refractivity contribution in [3.8, 4) is 0 Å². The van der Waals surface area contributed by atoms with Gasteiger partial charge < -0.3 is 4.74 Å². The highest BCUT2D eigenvalue weighted by atomic mass is 32.2. The van der Waals surface area contributed by atoms with Gasteiger partial charge in [-0.15, -0.1) is 0 Å². The Bertz CT molecular complexity index is 1010. The molecule has 1 aliphatic heterocycles. The molecule has 1 saturated heterocycles. The predicted octanol–water partition coefficient (Wildman–Crippen LogP) is 3.12. The number of hydrogen-bond acceptors (Lipinski definition) is 5. The maximum Gasteiger partial charge on any atom is 0.338 e. The predicted molar refractivity (Wildman–Crippen MR) is 117 cm³/mol. The largest absolute Gasteiger partial charge is 0.461 e. The van der Waals surface area contributed by atoms with Crippen molar-refractivity contribution in [1.29, 1.82) is 0 Å². The van der Waals surface area contributed by atoms with Gasteiger partial charge in [0.15, 0.2) is 0 Å². The summed E-state index contributed by atoms with van der Waals surface area (Å²) in [6.07, 6.45) is 2.20. The second-order valence-electron chi connectivity index (χ2n) is 8.32. The first-order chi connectivity index (χ1) is 14.3. The zero-order chi connectivity index (χ0) is 21.4.